The molecule has 6 heteroatoms. The van der Waals surface area contributed by atoms with Crippen LogP contribution in [0.2, 0.25) is 0 Å². The van der Waals surface area contributed by atoms with E-state index < -0.39 is 0 Å². The molecule has 1 aromatic heterocycles. The second-order valence-electron chi connectivity index (χ2n) is 7.36. The summed E-state index contributed by atoms with van der Waals surface area (Å²) < 4.78 is 18.9. The van der Waals surface area contributed by atoms with Crippen LogP contribution in [0.15, 0.2) is 24.3 Å². The summed E-state index contributed by atoms with van der Waals surface area (Å²) >= 11 is 0. The van der Waals surface area contributed by atoms with Gasteiger partial charge in [-0.05, 0) is 50.8 Å². The monoisotopic (exact) mass is 357 g/mol. The maximum absolute atomic E-state index is 13.2. The lowest BCUT2D eigenvalue weighted by Crippen LogP contribution is -2.36. The van der Waals surface area contributed by atoms with Gasteiger partial charge in [0.05, 0.1) is 17.9 Å². The van der Waals surface area contributed by atoms with E-state index in [9.17, 15) is 9.18 Å². The number of rotatable bonds is 5. The third-order valence-corrected chi connectivity index (χ3v) is 5.24. The van der Waals surface area contributed by atoms with E-state index in [1.807, 2.05) is 18.7 Å². The summed E-state index contributed by atoms with van der Waals surface area (Å²) in [4.78, 5) is 15.1. The van der Waals surface area contributed by atoms with Crippen molar-refractivity contribution in [1.29, 1.82) is 0 Å². The minimum absolute atomic E-state index is 0.00610. The van der Waals surface area contributed by atoms with Crippen LogP contribution in [0.3, 0.4) is 0 Å². The number of nitrogens with zero attached hydrogens (tertiary/aromatic N) is 2. The number of carbonyl (C=O) groups excluding carboxylic acids is 1. The first-order valence-electron chi connectivity index (χ1n) is 9.31. The van der Waals surface area contributed by atoms with Gasteiger partial charge in [-0.15, -0.1) is 0 Å². The molecule has 4 rings (SSSR count). The number of nitrogens with one attached hydrogen (secondary N) is 1. The summed E-state index contributed by atoms with van der Waals surface area (Å²) in [6.45, 7) is 4.63. The van der Waals surface area contributed by atoms with E-state index in [-0.39, 0.29) is 23.9 Å². The minimum Gasteiger partial charge on any atom is -0.369 e. The zero-order valence-corrected chi connectivity index (χ0v) is 15.2. The molecule has 2 aromatic rings. The van der Waals surface area contributed by atoms with Crippen LogP contribution < -0.4 is 0 Å². The van der Waals surface area contributed by atoms with Crippen LogP contribution >= 0.6 is 0 Å². The fourth-order valence-electron chi connectivity index (χ4n) is 3.72. The van der Waals surface area contributed by atoms with Crippen molar-refractivity contribution >= 4 is 5.91 Å². The van der Waals surface area contributed by atoms with Crippen molar-refractivity contribution in [2.24, 2.45) is 0 Å². The Balaban J connectivity index is 1.52. The third kappa shape index (κ3) is 3.38. The van der Waals surface area contributed by atoms with E-state index in [2.05, 4.69) is 10.2 Å². The van der Waals surface area contributed by atoms with E-state index in [1.54, 1.807) is 12.1 Å². The van der Waals surface area contributed by atoms with Crippen molar-refractivity contribution in [2.75, 3.05) is 6.54 Å². The van der Waals surface area contributed by atoms with Crippen molar-refractivity contribution < 1.29 is 13.9 Å². The van der Waals surface area contributed by atoms with Crippen molar-refractivity contribution in [3.05, 3.63) is 52.6 Å². The molecular formula is C20H24FN3O2. The molecule has 5 nitrogen and oxygen atoms in total. The quantitative estimate of drug-likeness (QED) is 0.892. The molecule has 0 saturated heterocycles. The van der Waals surface area contributed by atoms with Crippen LogP contribution in [0, 0.1) is 5.82 Å². The Hall–Kier alpha value is -2.21. The highest BCUT2D eigenvalue weighted by molar-refractivity contribution is 5.94. The van der Waals surface area contributed by atoms with E-state index in [4.69, 9.17) is 4.74 Å². The fourth-order valence-corrected chi connectivity index (χ4v) is 3.72. The summed E-state index contributed by atoms with van der Waals surface area (Å²) in [5.74, 6) is -0.245. The normalized spacial score (nSPS) is 22.1. The molecule has 1 aliphatic heterocycles. The number of amides is 1. The number of hydrogen-bond donors (Lipinski definition) is 1. The molecule has 26 heavy (non-hydrogen) atoms. The fraction of sp³-hybridized carbons (Fsp3) is 0.500. The average Bonchev–Trinajstić information content (AvgIpc) is 3.35. The predicted molar refractivity (Wildman–Crippen MR) is 95.4 cm³/mol. The van der Waals surface area contributed by atoms with E-state index in [1.165, 1.54) is 12.1 Å². The zero-order chi connectivity index (χ0) is 18.3. The summed E-state index contributed by atoms with van der Waals surface area (Å²) in [5.41, 5.74) is 3.48. The van der Waals surface area contributed by atoms with Gasteiger partial charge in [0.25, 0.3) is 5.91 Å². The Kier molecular flexibility index (Phi) is 4.53. The lowest BCUT2D eigenvalue weighted by molar-refractivity contribution is -0.00702. The SMILES string of the molecule is C[C@@H]1Cc2c(C(=O)N(CCc3ccc(F)cc3)C3CC3)n[nH]c2[C@H](C)O1. The van der Waals surface area contributed by atoms with Gasteiger partial charge in [-0.25, -0.2) is 4.39 Å². The Labute approximate surface area is 152 Å². The van der Waals surface area contributed by atoms with Gasteiger partial charge in [-0.3, -0.25) is 9.89 Å². The summed E-state index contributed by atoms with van der Waals surface area (Å²) in [7, 11) is 0. The maximum Gasteiger partial charge on any atom is 0.274 e. The number of hydrogen-bond acceptors (Lipinski definition) is 3. The molecule has 1 aliphatic carbocycles. The highest BCUT2D eigenvalue weighted by Crippen LogP contribution is 2.33. The molecule has 1 amide bonds. The summed E-state index contributed by atoms with van der Waals surface area (Å²) in [6, 6.07) is 6.78. The number of aromatic amines is 1. The van der Waals surface area contributed by atoms with E-state index in [0.717, 1.165) is 29.7 Å². The van der Waals surface area contributed by atoms with Crippen LogP contribution in [-0.2, 0) is 17.6 Å². The molecule has 138 valence electrons. The molecule has 0 spiro atoms. The van der Waals surface area contributed by atoms with Crippen LogP contribution in [0.4, 0.5) is 4.39 Å². The Morgan fingerprint density at radius 3 is 2.73 bits per heavy atom. The maximum atomic E-state index is 13.2. The minimum atomic E-state index is -0.238. The number of carbonyl (C=O) groups is 1. The van der Waals surface area contributed by atoms with E-state index in [0.29, 0.717) is 31.1 Å². The molecule has 0 radical (unpaired) electrons. The van der Waals surface area contributed by atoms with Crippen LogP contribution in [0.1, 0.15) is 60.1 Å². The van der Waals surface area contributed by atoms with Crippen molar-refractivity contribution in [3.63, 3.8) is 0 Å². The number of aromatic nitrogens is 2. The lowest BCUT2D eigenvalue weighted by atomic mass is 9.99. The van der Waals surface area contributed by atoms with Gasteiger partial charge in [0.2, 0.25) is 0 Å². The van der Waals surface area contributed by atoms with Gasteiger partial charge in [-0.2, -0.15) is 5.10 Å². The molecule has 1 N–H and O–H groups in total. The standard InChI is InChI=1S/C20H24FN3O2/c1-12-11-17-18(13(2)26-12)22-23-19(17)20(25)24(16-7-8-16)10-9-14-3-5-15(21)6-4-14/h3-6,12-13,16H,7-11H2,1-2H3,(H,22,23)/t12-,13+/m1/s1. The number of ether oxygens (including phenoxy) is 1. The molecule has 1 saturated carbocycles. The largest absolute Gasteiger partial charge is 0.369 e. The second-order valence-corrected chi connectivity index (χ2v) is 7.36. The van der Waals surface area contributed by atoms with Crippen molar-refractivity contribution in [1.82, 2.24) is 15.1 Å². The molecule has 1 aromatic carbocycles. The number of halogens is 1. The summed E-state index contributed by atoms with van der Waals surface area (Å²) in [5, 5.41) is 7.34. The highest BCUT2D eigenvalue weighted by Gasteiger charge is 2.37. The Bertz CT molecular complexity index is 798. The number of benzene rings is 1. The zero-order valence-electron chi connectivity index (χ0n) is 15.2. The smallest absolute Gasteiger partial charge is 0.274 e. The molecule has 2 heterocycles. The van der Waals surface area contributed by atoms with Crippen LogP contribution in [-0.4, -0.2) is 39.7 Å². The molecule has 2 atom stereocenters. The third-order valence-electron chi connectivity index (χ3n) is 5.24. The highest BCUT2D eigenvalue weighted by atomic mass is 19.1. The van der Waals surface area contributed by atoms with Crippen LogP contribution in [0.5, 0.6) is 0 Å². The van der Waals surface area contributed by atoms with E-state index >= 15 is 0 Å². The molecule has 2 aliphatic rings. The van der Waals surface area contributed by atoms with Gasteiger partial charge < -0.3 is 9.64 Å². The van der Waals surface area contributed by atoms with Gasteiger partial charge in [0.15, 0.2) is 5.69 Å². The van der Waals surface area contributed by atoms with Gasteiger partial charge in [0.1, 0.15) is 5.82 Å². The molecule has 0 unspecified atom stereocenters. The topological polar surface area (TPSA) is 58.2 Å². The van der Waals surface area contributed by atoms with Gasteiger partial charge >= 0.3 is 0 Å². The Morgan fingerprint density at radius 2 is 2.04 bits per heavy atom. The number of fused-ring (bicyclic) bond motifs is 1. The first-order chi connectivity index (χ1) is 12.5. The lowest BCUT2D eigenvalue weighted by Gasteiger charge is -2.26. The molecular weight excluding hydrogens is 333 g/mol. The summed E-state index contributed by atoms with van der Waals surface area (Å²) in [6.07, 6.45) is 3.50. The van der Waals surface area contributed by atoms with Crippen molar-refractivity contribution in [3.8, 4) is 0 Å². The van der Waals surface area contributed by atoms with Crippen LogP contribution in [0.25, 0.3) is 0 Å². The van der Waals surface area contributed by atoms with Gasteiger partial charge in [0, 0.05) is 24.6 Å². The van der Waals surface area contributed by atoms with Crippen molar-refractivity contribution in [2.45, 2.75) is 57.8 Å². The average molecular weight is 357 g/mol. The number of H-pyrrole nitrogens is 1. The molecule has 1 fully saturated rings. The second kappa shape index (κ2) is 6.83. The van der Waals surface area contributed by atoms with Gasteiger partial charge in [-0.1, -0.05) is 12.1 Å². The first kappa shape index (κ1) is 17.2. The first-order valence-corrected chi connectivity index (χ1v) is 9.31. The predicted octanol–water partition coefficient (Wildman–Crippen LogP) is 3.42. The molecule has 0 bridgehead atoms. The Morgan fingerprint density at radius 1 is 1.31 bits per heavy atom.